The van der Waals surface area contributed by atoms with Gasteiger partial charge in [0.15, 0.2) is 0 Å². The van der Waals surface area contributed by atoms with Crippen LogP contribution >= 0.6 is 0 Å². The van der Waals surface area contributed by atoms with E-state index in [-0.39, 0.29) is 45.5 Å². The first-order valence-corrected chi connectivity index (χ1v) is 1.75. The molecule has 0 amide bonds. The Balaban J connectivity index is -0.000000107. The zero-order valence-electron chi connectivity index (χ0n) is 4.89. The summed E-state index contributed by atoms with van der Waals surface area (Å²) in [5, 5.41) is 0. The van der Waals surface area contributed by atoms with Crippen LogP contribution in [0, 0.1) is 0 Å². The molecule has 0 rings (SSSR count). The van der Waals surface area contributed by atoms with E-state index >= 15 is 0 Å². The van der Waals surface area contributed by atoms with E-state index in [0.29, 0.717) is 0 Å². The van der Waals surface area contributed by atoms with Gasteiger partial charge in [-0.2, -0.15) is 0 Å². The summed E-state index contributed by atoms with van der Waals surface area (Å²) >= 11 is 0. The molecule has 11 heavy (non-hydrogen) atoms. The summed E-state index contributed by atoms with van der Waals surface area (Å²) in [7, 11) is -12.0. The van der Waals surface area contributed by atoms with E-state index in [1.165, 1.54) is 0 Å². The SMILES string of the molecule is F[B-](F)(F)F.F[B-](F)(F)F.[Sr]. The molecule has 0 unspecified atom stereocenters. The fourth-order valence-electron chi connectivity index (χ4n) is 0. The van der Waals surface area contributed by atoms with Crippen LogP contribution in [0.2, 0.25) is 0 Å². The topological polar surface area (TPSA) is 0 Å². The monoisotopic (exact) mass is 262 g/mol. The standard InChI is InChI=1S/2BF4.Sr/c2*2-1(3,4)5;/q2*-1;. The zero-order chi connectivity index (χ0) is 9.00. The van der Waals surface area contributed by atoms with Crippen LogP contribution < -0.4 is 0 Å². The number of halogens is 8. The first kappa shape index (κ1) is 18.0. The van der Waals surface area contributed by atoms with Gasteiger partial charge in [-0.1, -0.05) is 0 Å². The van der Waals surface area contributed by atoms with Crippen molar-refractivity contribution in [1.82, 2.24) is 0 Å². The van der Waals surface area contributed by atoms with Gasteiger partial charge in [-0.15, -0.1) is 0 Å². The quantitative estimate of drug-likeness (QED) is 0.463. The molecule has 0 N–H and O–H groups in total. The molecule has 0 atom stereocenters. The van der Waals surface area contributed by atoms with Crippen molar-refractivity contribution in [2.24, 2.45) is 0 Å². The molecule has 0 aromatic rings. The first-order chi connectivity index (χ1) is 4.00. The summed E-state index contributed by atoms with van der Waals surface area (Å²) in [5.41, 5.74) is 0. The fraction of sp³-hybridized carbons (Fsp3) is 0. The maximum atomic E-state index is 9.75. The average molecular weight is 261 g/mol. The van der Waals surface area contributed by atoms with Crippen molar-refractivity contribution in [3.8, 4) is 0 Å². The van der Waals surface area contributed by atoms with Gasteiger partial charge in [0.05, 0.1) is 0 Å². The van der Waals surface area contributed by atoms with Crippen LogP contribution in [-0.4, -0.2) is 60.0 Å². The molecule has 0 nitrogen and oxygen atoms in total. The predicted molar refractivity (Wildman–Crippen MR) is 26.1 cm³/mol. The molecule has 0 aromatic heterocycles. The summed E-state index contributed by atoms with van der Waals surface area (Å²) in [6.07, 6.45) is 0. The fourth-order valence-corrected chi connectivity index (χ4v) is 0. The molecule has 0 bridgehead atoms. The van der Waals surface area contributed by atoms with Gasteiger partial charge in [0.25, 0.3) is 0 Å². The van der Waals surface area contributed by atoms with Crippen molar-refractivity contribution in [3.05, 3.63) is 0 Å². The van der Waals surface area contributed by atoms with Crippen LogP contribution in [0.4, 0.5) is 34.5 Å². The molecule has 0 heterocycles. The first-order valence-electron chi connectivity index (χ1n) is 1.75. The van der Waals surface area contributed by atoms with Gasteiger partial charge in [0, 0.05) is 45.5 Å². The number of hydrogen-bond donors (Lipinski definition) is 0. The van der Waals surface area contributed by atoms with Crippen molar-refractivity contribution in [2.45, 2.75) is 0 Å². The largest absolute Gasteiger partial charge is 0.673 e. The average Bonchev–Trinajstić information content (AvgIpc) is 1.12. The van der Waals surface area contributed by atoms with Crippen LogP contribution in [0.5, 0.6) is 0 Å². The normalized spacial score (nSPS) is 10.9. The minimum absolute atomic E-state index is 0. The number of hydrogen-bond acceptors (Lipinski definition) is 0. The van der Waals surface area contributed by atoms with Gasteiger partial charge >= 0.3 is 14.5 Å². The maximum absolute atomic E-state index is 9.75. The second kappa shape index (κ2) is 6.55. The molecule has 0 aliphatic heterocycles. The second-order valence-corrected chi connectivity index (χ2v) is 0.990. The van der Waals surface area contributed by atoms with Crippen LogP contribution in [0.15, 0.2) is 0 Å². The van der Waals surface area contributed by atoms with Crippen molar-refractivity contribution in [2.75, 3.05) is 0 Å². The number of rotatable bonds is 0. The summed E-state index contributed by atoms with van der Waals surface area (Å²) in [6.45, 7) is 0. The molecular weight excluding hydrogens is 261 g/mol. The molecule has 0 aromatic carbocycles. The van der Waals surface area contributed by atoms with Crippen LogP contribution in [-0.2, 0) is 0 Å². The molecule has 11 heteroatoms. The molecule has 0 saturated heterocycles. The molecule has 0 aliphatic rings. The Kier molecular flexibility index (Phi) is 10.7. The summed E-state index contributed by atoms with van der Waals surface area (Å²) in [4.78, 5) is 0. The van der Waals surface area contributed by atoms with E-state index in [4.69, 9.17) is 0 Å². The summed E-state index contributed by atoms with van der Waals surface area (Å²) < 4.78 is 78.0. The molecule has 0 aliphatic carbocycles. The zero-order valence-corrected chi connectivity index (χ0v) is 8.36. The van der Waals surface area contributed by atoms with Gasteiger partial charge in [-0.05, 0) is 0 Å². The van der Waals surface area contributed by atoms with Gasteiger partial charge in [0.2, 0.25) is 0 Å². The third kappa shape index (κ3) is 820. The van der Waals surface area contributed by atoms with Crippen LogP contribution in [0.3, 0.4) is 0 Å². The van der Waals surface area contributed by atoms with Gasteiger partial charge in [-0.3, -0.25) is 0 Å². The Morgan fingerprint density at radius 3 is 0.455 bits per heavy atom. The van der Waals surface area contributed by atoms with E-state index in [9.17, 15) is 34.5 Å². The van der Waals surface area contributed by atoms with Gasteiger partial charge in [-0.25, -0.2) is 0 Å². The molecule has 2 radical (unpaired) electrons. The molecule has 66 valence electrons. The maximum Gasteiger partial charge on any atom is 0.673 e. The summed E-state index contributed by atoms with van der Waals surface area (Å²) in [5.74, 6) is 0. The van der Waals surface area contributed by atoms with E-state index in [0.717, 1.165) is 0 Å². The van der Waals surface area contributed by atoms with E-state index in [1.54, 1.807) is 0 Å². The van der Waals surface area contributed by atoms with E-state index < -0.39 is 14.5 Å². The Morgan fingerprint density at radius 1 is 0.455 bits per heavy atom. The van der Waals surface area contributed by atoms with Crippen LogP contribution in [0.25, 0.3) is 0 Å². The minimum Gasteiger partial charge on any atom is -0.418 e. The van der Waals surface area contributed by atoms with Gasteiger partial charge in [0.1, 0.15) is 0 Å². The van der Waals surface area contributed by atoms with E-state index in [2.05, 4.69) is 0 Å². The Morgan fingerprint density at radius 2 is 0.455 bits per heavy atom. The van der Waals surface area contributed by atoms with Gasteiger partial charge < -0.3 is 34.5 Å². The third-order valence-corrected chi connectivity index (χ3v) is 0. The second-order valence-electron chi connectivity index (χ2n) is 0.990. The van der Waals surface area contributed by atoms with Crippen molar-refractivity contribution < 1.29 is 34.5 Å². The molecular formula is B2F8Sr-2. The molecule has 0 saturated carbocycles. The minimum atomic E-state index is -6.00. The van der Waals surface area contributed by atoms with Crippen molar-refractivity contribution in [1.29, 1.82) is 0 Å². The smallest absolute Gasteiger partial charge is 0.418 e. The molecule has 0 fully saturated rings. The van der Waals surface area contributed by atoms with Crippen molar-refractivity contribution >= 4 is 60.0 Å². The predicted octanol–water partition coefficient (Wildman–Crippen LogP) is 2.22. The molecule has 0 spiro atoms. The van der Waals surface area contributed by atoms with E-state index in [1.807, 2.05) is 0 Å². The Hall–Kier alpha value is 1.05. The Bertz CT molecular complexity index is 55.1. The Labute approximate surface area is 93.8 Å². The van der Waals surface area contributed by atoms with Crippen molar-refractivity contribution in [3.63, 3.8) is 0 Å². The third-order valence-electron chi connectivity index (χ3n) is 0. The summed E-state index contributed by atoms with van der Waals surface area (Å²) in [6, 6.07) is 0. The van der Waals surface area contributed by atoms with Crippen LogP contribution in [0.1, 0.15) is 0 Å².